The highest BCUT2D eigenvalue weighted by Gasteiger charge is 2.23. The number of imidazole rings is 3. The van der Waals surface area contributed by atoms with Crippen molar-refractivity contribution >= 4 is 33.9 Å². The minimum atomic E-state index is 0.536. The number of hydrogen-bond acceptors (Lipinski definition) is 9. The minimum absolute atomic E-state index is 0.536. The van der Waals surface area contributed by atoms with Crippen molar-refractivity contribution in [2.24, 2.45) is 7.05 Å². The lowest BCUT2D eigenvalue weighted by Gasteiger charge is -2.14. The van der Waals surface area contributed by atoms with Crippen LogP contribution >= 0.6 is 0 Å². The first kappa shape index (κ1) is 25.8. The van der Waals surface area contributed by atoms with Crippen LogP contribution in [-0.2, 0) is 7.05 Å². The van der Waals surface area contributed by atoms with Gasteiger partial charge in [-0.2, -0.15) is 0 Å². The van der Waals surface area contributed by atoms with Crippen LogP contribution in [0.1, 0.15) is 0 Å². The van der Waals surface area contributed by atoms with Crippen LogP contribution in [0.15, 0.2) is 116 Å². The van der Waals surface area contributed by atoms with Crippen molar-refractivity contribution in [3.63, 3.8) is 0 Å². The van der Waals surface area contributed by atoms with E-state index < -0.39 is 0 Å². The molecule has 0 bridgehead atoms. The van der Waals surface area contributed by atoms with E-state index in [9.17, 15) is 0 Å². The number of para-hydroxylation sites is 2. The van der Waals surface area contributed by atoms with Gasteiger partial charge in [0, 0.05) is 72.3 Å². The minimum Gasteiger partial charge on any atom is -0.310 e. The zero-order valence-electron chi connectivity index (χ0n) is 24.3. The zero-order valence-corrected chi connectivity index (χ0v) is 24.3. The summed E-state index contributed by atoms with van der Waals surface area (Å²) in [5.74, 6) is 2.04. The maximum atomic E-state index is 5.00. The number of benzene rings is 3. The van der Waals surface area contributed by atoms with Crippen LogP contribution in [0.2, 0.25) is 0 Å². The molecule has 12 nitrogen and oxygen atoms in total. The van der Waals surface area contributed by atoms with Crippen LogP contribution in [0, 0.1) is 0 Å². The molecule has 0 N–H and O–H groups in total. The smallest absolute Gasteiger partial charge is 0.198 e. The van der Waals surface area contributed by atoms with Crippen LogP contribution in [0.3, 0.4) is 0 Å². The Morgan fingerprint density at radius 2 is 0.783 bits per heavy atom. The number of hydrogen-bond donors (Lipinski definition) is 0. The third-order valence-electron chi connectivity index (χ3n) is 7.84. The number of rotatable bonds is 5. The predicted molar refractivity (Wildman–Crippen MR) is 173 cm³/mol. The topological polar surface area (TPSA) is 131 Å². The van der Waals surface area contributed by atoms with E-state index in [4.69, 9.17) is 15.0 Å². The van der Waals surface area contributed by atoms with Gasteiger partial charge in [-0.25, -0.2) is 44.9 Å². The molecule has 0 aliphatic carbocycles. The van der Waals surface area contributed by atoms with Crippen LogP contribution in [0.4, 0.5) is 0 Å². The van der Waals surface area contributed by atoms with E-state index in [0.29, 0.717) is 51.4 Å². The molecule has 0 aliphatic heterocycles. The Balaban J connectivity index is 1.37. The van der Waals surface area contributed by atoms with Gasteiger partial charge >= 0.3 is 0 Å². The number of fused-ring (bicyclic) bond motifs is 3. The third-order valence-corrected chi connectivity index (χ3v) is 7.84. The summed E-state index contributed by atoms with van der Waals surface area (Å²) in [5.41, 5.74) is 7.89. The molecule has 6 heterocycles. The van der Waals surface area contributed by atoms with Gasteiger partial charge in [-0.05, 0) is 42.5 Å². The zero-order chi connectivity index (χ0) is 30.6. The summed E-state index contributed by atoms with van der Waals surface area (Å²) >= 11 is 0. The van der Waals surface area contributed by atoms with Gasteiger partial charge in [-0.15, -0.1) is 0 Å². The van der Waals surface area contributed by atoms with E-state index in [0.717, 1.165) is 28.1 Å². The van der Waals surface area contributed by atoms with E-state index in [-0.39, 0.29) is 0 Å². The quantitative estimate of drug-likeness (QED) is 0.248. The number of aryl methyl sites for hydroxylation is 1. The Bertz CT molecular complexity index is 2410. The second-order valence-electron chi connectivity index (χ2n) is 10.6. The SMILES string of the molecule is Cn1c(-c2cc(-c3nc4nccnc4n3-c3ccccc3)cc(-c3nc4nccnc4n3-c3ccccc3)c2)nc2nccnc21. The Labute approximate surface area is 260 Å². The number of nitrogens with zero attached hydrogens (tertiary/aromatic N) is 12. The molecule has 46 heavy (non-hydrogen) atoms. The van der Waals surface area contributed by atoms with Gasteiger partial charge in [0.05, 0.1) is 0 Å². The maximum Gasteiger partial charge on any atom is 0.198 e. The average molecular weight is 599 g/mol. The summed E-state index contributed by atoms with van der Waals surface area (Å²) in [7, 11) is 1.94. The average Bonchev–Trinajstić information content (AvgIpc) is 3.80. The van der Waals surface area contributed by atoms with E-state index >= 15 is 0 Å². The summed E-state index contributed by atoms with van der Waals surface area (Å²) < 4.78 is 5.98. The molecule has 0 unspecified atom stereocenters. The summed E-state index contributed by atoms with van der Waals surface area (Å²) in [6.07, 6.45) is 9.97. The van der Waals surface area contributed by atoms with Gasteiger partial charge in [0.2, 0.25) is 0 Å². The van der Waals surface area contributed by atoms with Crippen LogP contribution < -0.4 is 0 Å². The lowest BCUT2D eigenvalue weighted by Crippen LogP contribution is -2.02. The predicted octanol–water partition coefficient (Wildman–Crippen LogP) is 5.62. The van der Waals surface area contributed by atoms with E-state index in [1.54, 1.807) is 37.2 Å². The summed E-state index contributed by atoms with van der Waals surface area (Å²) in [5, 5.41) is 0. The highest BCUT2D eigenvalue weighted by Crippen LogP contribution is 2.36. The molecule has 12 heteroatoms. The summed E-state index contributed by atoms with van der Waals surface area (Å²) in [6.45, 7) is 0. The first-order valence-corrected chi connectivity index (χ1v) is 14.5. The molecule has 3 aromatic carbocycles. The molecule has 9 aromatic rings. The molecule has 0 aliphatic rings. The summed E-state index contributed by atoms with van der Waals surface area (Å²) in [4.78, 5) is 42.3. The van der Waals surface area contributed by atoms with Gasteiger partial charge in [0.1, 0.15) is 17.5 Å². The number of aromatic nitrogens is 12. The van der Waals surface area contributed by atoms with Crippen LogP contribution in [0.25, 0.3) is 79.4 Å². The molecular formula is C34H22N12. The second-order valence-corrected chi connectivity index (χ2v) is 10.6. The molecule has 0 saturated heterocycles. The Kier molecular flexibility index (Phi) is 5.72. The van der Waals surface area contributed by atoms with Crippen LogP contribution in [-0.4, -0.2) is 58.6 Å². The standard InChI is InChI=1S/C34H22N12/c1-44-29(41-26-32(44)38-15-12-35-26)21-18-22(30-42-27-33(39-16-13-36-27)45(30)24-8-4-2-5-9-24)20-23(19-21)31-43-28-34(40-17-14-37-28)46(31)25-10-6-3-7-11-25/h2-20H,1H3. The molecule has 0 atom stereocenters. The van der Waals surface area contributed by atoms with Crippen LogP contribution in [0.5, 0.6) is 0 Å². The molecular weight excluding hydrogens is 576 g/mol. The Morgan fingerprint density at radius 3 is 1.24 bits per heavy atom. The fourth-order valence-electron chi connectivity index (χ4n) is 5.84. The van der Waals surface area contributed by atoms with Gasteiger partial charge in [0.25, 0.3) is 0 Å². The van der Waals surface area contributed by atoms with Crippen molar-refractivity contribution in [2.45, 2.75) is 0 Å². The molecule has 0 saturated carbocycles. The highest BCUT2D eigenvalue weighted by molar-refractivity contribution is 5.85. The van der Waals surface area contributed by atoms with Crippen molar-refractivity contribution in [3.05, 3.63) is 116 Å². The molecule has 218 valence electrons. The van der Waals surface area contributed by atoms with E-state index in [2.05, 4.69) is 48.1 Å². The summed E-state index contributed by atoms with van der Waals surface area (Å²) in [6, 6.07) is 26.2. The van der Waals surface area contributed by atoms with Gasteiger partial charge < -0.3 is 4.57 Å². The van der Waals surface area contributed by atoms with Crippen molar-refractivity contribution < 1.29 is 0 Å². The molecule has 0 spiro atoms. The normalized spacial score (nSPS) is 11.6. The van der Waals surface area contributed by atoms with E-state index in [1.807, 2.05) is 81.4 Å². The van der Waals surface area contributed by atoms with Crippen molar-refractivity contribution in [1.82, 2.24) is 58.6 Å². The lowest BCUT2D eigenvalue weighted by atomic mass is 10.0. The monoisotopic (exact) mass is 598 g/mol. The van der Waals surface area contributed by atoms with Gasteiger partial charge in [-0.3, -0.25) is 9.13 Å². The molecule has 0 amide bonds. The van der Waals surface area contributed by atoms with Crippen molar-refractivity contribution in [2.75, 3.05) is 0 Å². The molecule has 6 aromatic heterocycles. The van der Waals surface area contributed by atoms with Crippen molar-refractivity contribution in [1.29, 1.82) is 0 Å². The highest BCUT2D eigenvalue weighted by atomic mass is 15.2. The first-order chi connectivity index (χ1) is 22.7. The fraction of sp³-hybridized carbons (Fsp3) is 0.0294. The largest absolute Gasteiger partial charge is 0.310 e. The van der Waals surface area contributed by atoms with Gasteiger partial charge in [-0.1, -0.05) is 36.4 Å². The molecule has 9 rings (SSSR count). The second kappa shape index (κ2) is 10.2. The first-order valence-electron chi connectivity index (χ1n) is 14.5. The van der Waals surface area contributed by atoms with E-state index in [1.165, 1.54) is 0 Å². The molecule has 0 radical (unpaired) electrons. The maximum absolute atomic E-state index is 5.00. The Hall–Kier alpha value is -6.69. The van der Waals surface area contributed by atoms with Gasteiger partial charge in [0.15, 0.2) is 33.9 Å². The lowest BCUT2D eigenvalue weighted by molar-refractivity contribution is 0.941. The fourth-order valence-corrected chi connectivity index (χ4v) is 5.84. The third kappa shape index (κ3) is 4.04. The van der Waals surface area contributed by atoms with Crippen molar-refractivity contribution in [3.8, 4) is 45.5 Å². The molecule has 0 fully saturated rings. The Morgan fingerprint density at radius 1 is 0.413 bits per heavy atom.